The molecule has 0 bridgehead atoms. The number of hydrogen-bond acceptors (Lipinski definition) is 2. The molecule has 0 atom stereocenters. The number of benzene rings is 1. The largest absolute Gasteiger partial charge is 0.501 e. The lowest BCUT2D eigenvalue weighted by Crippen LogP contribution is -1.82. The van der Waals surface area contributed by atoms with Gasteiger partial charge in [-0.3, -0.25) is 4.98 Å². The standard InChI is InChI=1S/C14H15NO/c1-3-16-7-6-12-4-5-14-13(9-12)8-11(2)10-15-14/h4-10H,3H2,1-2H3/b7-6+. The highest BCUT2D eigenvalue weighted by Crippen LogP contribution is 2.16. The third-order valence-corrected chi connectivity index (χ3v) is 2.37. The van der Waals surface area contributed by atoms with Crippen molar-refractivity contribution >= 4 is 17.0 Å². The van der Waals surface area contributed by atoms with Crippen LogP contribution in [0, 0.1) is 6.92 Å². The molecule has 1 aromatic carbocycles. The molecule has 0 amide bonds. The van der Waals surface area contributed by atoms with Crippen molar-refractivity contribution < 1.29 is 4.74 Å². The number of hydrogen-bond donors (Lipinski definition) is 0. The Labute approximate surface area is 95.6 Å². The van der Waals surface area contributed by atoms with E-state index in [4.69, 9.17) is 4.74 Å². The van der Waals surface area contributed by atoms with Crippen molar-refractivity contribution in [2.75, 3.05) is 6.61 Å². The molecule has 16 heavy (non-hydrogen) atoms. The van der Waals surface area contributed by atoms with Gasteiger partial charge in [0.25, 0.3) is 0 Å². The van der Waals surface area contributed by atoms with Gasteiger partial charge in [0.2, 0.25) is 0 Å². The first-order valence-corrected chi connectivity index (χ1v) is 5.44. The Morgan fingerprint density at radius 1 is 1.31 bits per heavy atom. The molecule has 2 heteroatoms. The molecule has 0 unspecified atom stereocenters. The van der Waals surface area contributed by atoms with Crippen LogP contribution in [0.15, 0.2) is 36.7 Å². The van der Waals surface area contributed by atoms with Crippen LogP contribution in [0.25, 0.3) is 17.0 Å². The van der Waals surface area contributed by atoms with E-state index in [9.17, 15) is 0 Å². The molecule has 0 radical (unpaired) electrons. The second kappa shape index (κ2) is 4.79. The number of fused-ring (bicyclic) bond motifs is 1. The summed E-state index contributed by atoms with van der Waals surface area (Å²) in [6, 6.07) is 8.33. The summed E-state index contributed by atoms with van der Waals surface area (Å²) in [7, 11) is 0. The van der Waals surface area contributed by atoms with Crippen LogP contribution < -0.4 is 0 Å². The van der Waals surface area contributed by atoms with E-state index >= 15 is 0 Å². The summed E-state index contributed by atoms with van der Waals surface area (Å²) < 4.78 is 5.18. The van der Waals surface area contributed by atoms with E-state index in [0.29, 0.717) is 6.61 Å². The van der Waals surface area contributed by atoms with Crippen LogP contribution in [-0.2, 0) is 4.74 Å². The minimum Gasteiger partial charge on any atom is -0.501 e. The van der Waals surface area contributed by atoms with Crippen LogP contribution in [0.5, 0.6) is 0 Å². The molecule has 0 fully saturated rings. The zero-order valence-corrected chi connectivity index (χ0v) is 9.60. The fourth-order valence-corrected chi connectivity index (χ4v) is 1.59. The van der Waals surface area contributed by atoms with E-state index < -0.39 is 0 Å². The molecule has 2 rings (SSSR count). The van der Waals surface area contributed by atoms with Crippen molar-refractivity contribution in [2.45, 2.75) is 13.8 Å². The lowest BCUT2D eigenvalue weighted by atomic mass is 10.1. The van der Waals surface area contributed by atoms with E-state index in [1.54, 1.807) is 6.26 Å². The number of pyridine rings is 1. The monoisotopic (exact) mass is 213 g/mol. The van der Waals surface area contributed by atoms with Gasteiger partial charge >= 0.3 is 0 Å². The Morgan fingerprint density at radius 3 is 3.00 bits per heavy atom. The number of ether oxygens (including phenoxy) is 1. The smallest absolute Gasteiger partial charge is 0.0845 e. The SMILES string of the molecule is CCO/C=C/c1ccc2ncc(C)cc2c1. The zero-order chi connectivity index (χ0) is 11.4. The van der Waals surface area contributed by atoms with Gasteiger partial charge in [0.1, 0.15) is 0 Å². The van der Waals surface area contributed by atoms with E-state index in [0.717, 1.165) is 11.1 Å². The average Bonchev–Trinajstić information content (AvgIpc) is 2.29. The molecule has 0 saturated heterocycles. The van der Waals surface area contributed by atoms with Gasteiger partial charge in [0.15, 0.2) is 0 Å². The molecule has 2 aromatic rings. The molecule has 0 spiro atoms. The quantitative estimate of drug-likeness (QED) is 0.727. The molecule has 2 nitrogen and oxygen atoms in total. The second-order valence-electron chi connectivity index (χ2n) is 3.72. The molecule has 1 heterocycles. The summed E-state index contributed by atoms with van der Waals surface area (Å²) in [5.41, 5.74) is 3.34. The first-order chi connectivity index (χ1) is 7.79. The summed E-state index contributed by atoms with van der Waals surface area (Å²) in [5.74, 6) is 0. The fourth-order valence-electron chi connectivity index (χ4n) is 1.59. The third-order valence-electron chi connectivity index (χ3n) is 2.37. The highest BCUT2D eigenvalue weighted by Gasteiger charge is 1.95. The Kier molecular flexibility index (Phi) is 3.20. The Morgan fingerprint density at radius 2 is 2.19 bits per heavy atom. The van der Waals surface area contributed by atoms with Gasteiger partial charge < -0.3 is 4.74 Å². The minimum atomic E-state index is 0.699. The van der Waals surface area contributed by atoms with Crippen molar-refractivity contribution in [3.63, 3.8) is 0 Å². The number of aromatic nitrogens is 1. The topological polar surface area (TPSA) is 22.1 Å². The number of aryl methyl sites for hydroxylation is 1. The van der Waals surface area contributed by atoms with Gasteiger partial charge in [-0.05, 0) is 49.2 Å². The number of nitrogens with zero attached hydrogens (tertiary/aromatic N) is 1. The van der Waals surface area contributed by atoms with Crippen molar-refractivity contribution in [3.05, 3.63) is 47.9 Å². The van der Waals surface area contributed by atoms with E-state index in [2.05, 4.69) is 24.0 Å². The van der Waals surface area contributed by atoms with Gasteiger partial charge in [-0.15, -0.1) is 0 Å². The summed E-state index contributed by atoms with van der Waals surface area (Å²) in [6.45, 7) is 4.72. The first kappa shape index (κ1) is 10.7. The predicted molar refractivity (Wildman–Crippen MR) is 67.1 cm³/mol. The zero-order valence-electron chi connectivity index (χ0n) is 9.60. The first-order valence-electron chi connectivity index (χ1n) is 5.44. The van der Waals surface area contributed by atoms with Gasteiger partial charge in [-0.25, -0.2) is 0 Å². The van der Waals surface area contributed by atoms with Crippen LogP contribution >= 0.6 is 0 Å². The molecule has 0 aliphatic heterocycles. The Balaban J connectivity index is 2.35. The third kappa shape index (κ3) is 2.40. The van der Waals surface area contributed by atoms with Crippen molar-refractivity contribution in [1.82, 2.24) is 4.98 Å². The minimum absolute atomic E-state index is 0.699. The maximum absolute atomic E-state index is 5.18. The van der Waals surface area contributed by atoms with Crippen LogP contribution in [0.1, 0.15) is 18.1 Å². The molecule has 0 saturated carbocycles. The van der Waals surface area contributed by atoms with Crippen molar-refractivity contribution in [1.29, 1.82) is 0 Å². The lowest BCUT2D eigenvalue weighted by molar-refractivity contribution is 0.272. The molecule has 0 aliphatic rings. The van der Waals surface area contributed by atoms with E-state index in [1.807, 2.05) is 31.3 Å². The van der Waals surface area contributed by atoms with Crippen molar-refractivity contribution in [2.24, 2.45) is 0 Å². The highest BCUT2D eigenvalue weighted by atomic mass is 16.5. The fraction of sp³-hybridized carbons (Fsp3) is 0.214. The van der Waals surface area contributed by atoms with Crippen LogP contribution in [-0.4, -0.2) is 11.6 Å². The molecule has 0 N–H and O–H groups in total. The van der Waals surface area contributed by atoms with Crippen molar-refractivity contribution in [3.8, 4) is 0 Å². The summed E-state index contributed by atoms with van der Waals surface area (Å²) >= 11 is 0. The summed E-state index contributed by atoms with van der Waals surface area (Å²) in [6.07, 6.45) is 5.58. The van der Waals surface area contributed by atoms with Gasteiger partial charge in [-0.1, -0.05) is 6.07 Å². The summed E-state index contributed by atoms with van der Waals surface area (Å²) in [4.78, 5) is 4.36. The van der Waals surface area contributed by atoms with Crippen LogP contribution in [0.2, 0.25) is 0 Å². The number of rotatable bonds is 3. The Hall–Kier alpha value is -1.83. The lowest BCUT2D eigenvalue weighted by Gasteiger charge is -2.00. The predicted octanol–water partition coefficient (Wildman–Crippen LogP) is 3.55. The van der Waals surface area contributed by atoms with Gasteiger partial charge in [0, 0.05) is 11.6 Å². The molecular weight excluding hydrogens is 198 g/mol. The maximum atomic E-state index is 5.18. The average molecular weight is 213 g/mol. The van der Waals surface area contributed by atoms with E-state index in [-0.39, 0.29) is 0 Å². The Bertz CT molecular complexity index is 517. The molecule has 1 aromatic heterocycles. The van der Waals surface area contributed by atoms with Crippen LogP contribution in [0.3, 0.4) is 0 Å². The maximum Gasteiger partial charge on any atom is 0.0845 e. The van der Waals surface area contributed by atoms with Gasteiger partial charge in [0.05, 0.1) is 18.4 Å². The van der Waals surface area contributed by atoms with Crippen LogP contribution in [0.4, 0.5) is 0 Å². The highest BCUT2D eigenvalue weighted by molar-refractivity contribution is 5.81. The summed E-state index contributed by atoms with van der Waals surface area (Å²) in [5, 5.41) is 1.17. The molecule has 82 valence electrons. The molecule has 0 aliphatic carbocycles. The second-order valence-corrected chi connectivity index (χ2v) is 3.72. The molecular formula is C14H15NO. The van der Waals surface area contributed by atoms with E-state index in [1.165, 1.54) is 10.9 Å². The normalized spacial score (nSPS) is 11.1. The van der Waals surface area contributed by atoms with Gasteiger partial charge in [-0.2, -0.15) is 0 Å².